The van der Waals surface area contributed by atoms with Crippen molar-refractivity contribution in [1.82, 2.24) is 20.4 Å². The number of unbranched alkanes of at least 4 members (excludes halogenated alkanes) is 1. The Labute approximate surface area is 252 Å². The van der Waals surface area contributed by atoms with Crippen LogP contribution >= 0.6 is 0 Å². The Balaban J connectivity index is 1.13. The van der Waals surface area contributed by atoms with E-state index >= 15 is 0 Å². The van der Waals surface area contributed by atoms with Crippen LogP contribution in [0.25, 0.3) is 0 Å². The van der Waals surface area contributed by atoms with Crippen LogP contribution in [0.15, 0.2) is 96.3 Å². The molecule has 5 rings (SSSR count). The number of hydrogen-bond donors (Lipinski definition) is 2. The van der Waals surface area contributed by atoms with Crippen LogP contribution in [0.1, 0.15) is 67.4 Å². The minimum Gasteiger partial charge on any atom is -0.364 e. The van der Waals surface area contributed by atoms with Crippen molar-refractivity contribution in [2.45, 2.75) is 70.4 Å². The van der Waals surface area contributed by atoms with E-state index in [9.17, 15) is 18.0 Å². The van der Waals surface area contributed by atoms with Crippen LogP contribution in [0.3, 0.4) is 0 Å². The fourth-order valence-electron chi connectivity index (χ4n) is 6.03. The number of halogens is 3. The third-order valence-electron chi connectivity index (χ3n) is 8.55. The fraction of sp³-hybridized carbons (Fsp3) is 0.400. The van der Waals surface area contributed by atoms with E-state index in [1.54, 1.807) is 0 Å². The van der Waals surface area contributed by atoms with Crippen LogP contribution in [-0.2, 0) is 23.9 Å². The van der Waals surface area contributed by atoms with Crippen molar-refractivity contribution in [3.63, 3.8) is 0 Å². The van der Waals surface area contributed by atoms with Gasteiger partial charge in [-0.1, -0.05) is 72.8 Å². The topological polar surface area (TPSA) is 47.6 Å². The fourth-order valence-corrected chi connectivity index (χ4v) is 6.03. The Bertz CT molecular complexity index is 1350. The van der Waals surface area contributed by atoms with Crippen LogP contribution < -0.4 is 10.6 Å². The molecule has 1 saturated heterocycles. The lowest BCUT2D eigenvalue weighted by atomic mass is 10.0. The molecule has 2 heterocycles. The molecule has 0 aliphatic carbocycles. The number of amides is 1. The quantitative estimate of drug-likeness (QED) is 0.235. The molecule has 5 nitrogen and oxygen atoms in total. The summed E-state index contributed by atoms with van der Waals surface area (Å²) in [4.78, 5) is 18.0. The molecule has 8 heteroatoms. The van der Waals surface area contributed by atoms with Crippen molar-refractivity contribution >= 4 is 5.91 Å². The van der Waals surface area contributed by atoms with Gasteiger partial charge in [0.15, 0.2) is 0 Å². The second kappa shape index (κ2) is 14.1. The number of alkyl halides is 3. The average Bonchev–Trinajstić information content (AvgIpc) is 3.39. The second-order valence-corrected chi connectivity index (χ2v) is 11.7. The molecule has 3 aromatic carbocycles. The zero-order valence-electron chi connectivity index (χ0n) is 24.7. The molecule has 43 heavy (non-hydrogen) atoms. The van der Waals surface area contributed by atoms with E-state index in [4.69, 9.17) is 0 Å². The minimum atomic E-state index is -4.34. The summed E-state index contributed by atoms with van der Waals surface area (Å²) in [5.41, 5.74) is 4.64. The first-order valence-electron chi connectivity index (χ1n) is 15.3. The summed E-state index contributed by atoms with van der Waals surface area (Å²) in [7, 11) is 0. The molecule has 0 saturated carbocycles. The van der Waals surface area contributed by atoms with Gasteiger partial charge in [-0.15, -0.1) is 0 Å². The van der Waals surface area contributed by atoms with Crippen LogP contribution in [0.5, 0.6) is 0 Å². The molecule has 0 aromatic heterocycles. The summed E-state index contributed by atoms with van der Waals surface area (Å²) in [5, 5.41) is 6.85. The van der Waals surface area contributed by atoms with Gasteiger partial charge in [0.1, 0.15) is 6.17 Å². The molecule has 2 N–H and O–H groups in total. The van der Waals surface area contributed by atoms with Crippen molar-refractivity contribution in [1.29, 1.82) is 0 Å². The lowest BCUT2D eigenvalue weighted by molar-refractivity contribution is -0.137. The van der Waals surface area contributed by atoms with E-state index in [-0.39, 0.29) is 18.1 Å². The highest BCUT2D eigenvalue weighted by molar-refractivity contribution is 5.76. The normalized spacial score (nSPS) is 17.9. The number of nitrogens with one attached hydrogen (secondary N) is 2. The standard InChI is InChI=1S/C35H41F3N4O/c1-26-32(40-34(39-26)29-16-18-30(19-17-29)35(36,37)38)25-41-22-20-31(21-23-41)42(24-28-13-6-3-7-14-28)33(43)15-9-8-12-27-10-4-2-5-11-27/h2-7,10-11,13-14,16-19,31,34,39-40H,8-9,12,15,20-25H2,1H3. The number of likely N-dealkylation sites (tertiary alicyclic amines) is 1. The van der Waals surface area contributed by atoms with Crippen molar-refractivity contribution in [3.8, 4) is 0 Å². The van der Waals surface area contributed by atoms with E-state index in [2.05, 4.69) is 56.8 Å². The van der Waals surface area contributed by atoms with Gasteiger partial charge in [-0.2, -0.15) is 13.2 Å². The van der Waals surface area contributed by atoms with E-state index < -0.39 is 11.7 Å². The van der Waals surface area contributed by atoms with Crippen LogP contribution in [0.2, 0.25) is 0 Å². The SMILES string of the molecule is CC1=C(CN2CCC(N(Cc3ccccc3)C(=O)CCCCc3ccccc3)CC2)NC(c2ccc(C(F)(F)F)cc2)N1. The highest BCUT2D eigenvalue weighted by Crippen LogP contribution is 2.31. The average molecular weight is 591 g/mol. The minimum absolute atomic E-state index is 0.197. The number of carbonyl (C=O) groups excluding carboxylic acids is 1. The Morgan fingerprint density at radius 2 is 1.49 bits per heavy atom. The Kier molecular flexibility index (Phi) is 10.1. The maximum atomic E-state index is 13.5. The molecule has 0 radical (unpaired) electrons. The highest BCUT2D eigenvalue weighted by Gasteiger charge is 2.32. The van der Waals surface area contributed by atoms with Crippen molar-refractivity contribution < 1.29 is 18.0 Å². The summed E-state index contributed by atoms with van der Waals surface area (Å²) in [6.45, 7) is 5.11. The van der Waals surface area contributed by atoms with Gasteiger partial charge in [0, 0.05) is 50.0 Å². The Hall–Kier alpha value is -3.78. The molecule has 0 spiro atoms. The van der Waals surface area contributed by atoms with E-state index in [1.165, 1.54) is 17.7 Å². The molecule has 2 aliphatic rings. The summed E-state index contributed by atoms with van der Waals surface area (Å²) in [6.07, 6.45) is 0.645. The first kappa shape index (κ1) is 30.7. The van der Waals surface area contributed by atoms with Gasteiger partial charge in [0.2, 0.25) is 5.91 Å². The highest BCUT2D eigenvalue weighted by atomic mass is 19.4. The molecular formula is C35H41F3N4O. The predicted molar refractivity (Wildman–Crippen MR) is 164 cm³/mol. The molecule has 1 atom stereocenters. The third-order valence-corrected chi connectivity index (χ3v) is 8.55. The van der Waals surface area contributed by atoms with Crippen molar-refractivity contribution in [3.05, 3.63) is 119 Å². The molecule has 2 aliphatic heterocycles. The number of allylic oxidation sites excluding steroid dienone is 1. The number of piperidine rings is 1. The Morgan fingerprint density at radius 1 is 0.860 bits per heavy atom. The third kappa shape index (κ3) is 8.41. The maximum Gasteiger partial charge on any atom is 0.416 e. The van der Waals surface area contributed by atoms with E-state index in [0.29, 0.717) is 13.0 Å². The van der Waals surface area contributed by atoms with Gasteiger partial charge >= 0.3 is 6.18 Å². The van der Waals surface area contributed by atoms with Gasteiger partial charge in [0.05, 0.1) is 5.56 Å². The van der Waals surface area contributed by atoms with Crippen molar-refractivity contribution in [2.75, 3.05) is 19.6 Å². The molecule has 1 amide bonds. The summed E-state index contributed by atoms with van der Waals surface area (Å²) >= 11 is 0. The van der Waals surface area contributed by atoms with Crippen LogP contribution in [0.4, 0.5) is 13.2 Å². The number of benzene rings is 3. The second-order valence-electron chi connectivity index (χ2n) is 11.7. The van der Waals surface area contributed by atoms with Gasteiger partial charge in [0.25, 0.3) is 0 Å². The molecule has 0 bridgehead atoms. The summed E-state index contributed by atoms with van der Waals surface area (Å²) in [6, 6.07) is 26.2. The first-order valence-corrected chi connectivity index (χ1v) is 15.3. The first-order chi connectivity index (χ1) is 20.8. The molecule has 1 fully saturated rings. The monoisotopic (exact) mass is 590 g/mol. The lowest BCUT2D eigenvalue weighted by Crippen LogP contribution is -2.47. The molecule has 1 unspecified atom stereocenters. The predicted octanol–water partition coefficient (Wildman–Crippen LogP) is 7.03. The van der Waals surface area contributed by atoms with Crippen molar-refractivity contribution in [2.24, 2.45) is 0 Å². The van der Waals surface area contributed by atoms with Crippen LogP contribution in [0, 0.1) is 0 Å². The maximum absolute atomic E-state index is 13.5. The summed E-state index contributed by atoms with van der Waals surface area (Å²) < 4.78 is 38.9. The Morgan fingerprint density at radius 3 is 2.12 bits per heavy atom. The molecular weight excluding hydrogens is 549 g/mol. The lowest BCUT2D eigenvalue weighted by Gasteiger charge is -2.39. The largest absolute Gasteiger partial charge is 0.416 e. The number of nitrogens with zero attached hydrogens (tertiary/aromatic N) is 2. The number of hydrogen-bond acceptors (Lipinski definition) is 4. The number of aryl methyl sites for hydroxylation is 1. The van der Waals surface area contributed by atoms with Gasteiger partial charge in [-0.25, -0.2) is 0 Å². The summed E-state index contributed by atoms with van der Waals surface area (Å²) in [5.74, 6) is 0.231. The zero-order valence-corrected chi connectivity index (χ0v) is 24.7. The number of rotatable bonds is 11. The van der Waals surface area contributed by atoms with E-state index in [0.717, 1.165) is 86.4 Å². The van der Waals surface area contributed by atoms with Gasteiger partial charge in [-0.3, -0.25) is 9.69 Å². The number of carbonyl (C=O) groups is 1. The zero-order chi connectivity index (χ0) is 30.2. The van der Waals surface area contributed by atoms with Crippen LogP contribution in [-0.4, -0.2) is 41.4 Å². The molecule has 3 aromatic rings. The smallest absolute Gasteiger partial charge is 0.364 e. The molecule has 228 valence electrons. The van der Waals surface area contributed by atoms with Gasteiger partial charge in [-0.05, 0) is 67.9 Å². The van der Waals surface area contributed by atoms with E-state index in [1.807, 2.05) is 31.2 Å². The van der Waals surface area contributed by atoms with Gasteiger partial charge < -0.3 is 15.5 Å².